The van der Waals surface area contributed by atoms with Crippen LogP contribution >= 0.6 is 0 Å². The first-order valence-electron chi connectivity index (χ1n) is 14.3. The monoisotopic (exact) mass is 493 g/mol. The van der Waals surface area contributed by atoms with Gasteiger partial charge in [-0.3, -0.25) is 0 Å². The van der Waals surface area contributed by atoms with Gasteiger partial charge in [0, 0.05) is 12.2 Å². The van der Waals surface area contributed by atoms with Crippen molar-refractivity contribution in [2.24, 2.45) is 10.2 Å². The normalized spacial score (nSPS) is 11.2. The molecule has 0 saturated carbocycles. The standard InChI is InChI=1S/C31H47N3O2/c1-2-3-4-5-6-7-8-9-10-11-12-13-14-15-16-17-26-32-28-22-24-30(25-23-28)34-33-29-20-18-27(19-21-29)31(35)36/h18-25,32H,2-17,26H2,1H3,(H,35,36). The lowest BCUT2D eigenvalue weighted by Gasteiger charge is -2.07. The fourth-order valence-corrected chi connectivity index (χ4v) is 4.34. The summed E-state index contributed by atoms with van der Waals surface area (Å²) in [5, 5.41) is 20.8. The van der Waals surface area contributed by atoms with Gasteiger partial charge in [0.05, 0.1) is 16.9 Å². The Hall–Kier alpha value is -2.69. The second-order valence-electron chi connectivity index (χ2n) is 9.83. The summed E-state index contributed by atoms with van der Waals surface area (Å²) in [6.45, 7) is 3.28. The van der Waals surface area contributed by atoms with Crippen LogP contribution in [0.3, 0.4) is 0 Å². The zero-order valence-electron chi connectivity index (χ0n) is 22.4. The number of carboxylic acids is 1. The summed E-state index contributed by atoms with van der Waals surface area (Å²) < 4.78 is 0. The van der Waals surface area contributed by atoms with Gasteiger partial charge in [0.15, 0.2) is 0 Å². The molecule has 2 aromatic rings. The van der Waals surface area contributed by atoms with Crippen LogP contribution in [0.25, 0.3) is 0 Å². The maximum atomic E-state index is 10.9. The lowest BCUT2D eigenvalue weighted by molar-refractivity contribution is 0.0697. The van der Waals surface area contributed by atoms with Gasteiger partial charge in [0.1, 0.15) is 0 Å². The summed E-state index contributed by atoms with van der Waals surface area (Å²) in [7, 11) is 0. The number of nitrogens with zero attached hydrogens (tertiary/aromatic N) is 2. The third-order valence-corrected chi connectivity index (χ3v) is 6.62. The minimum atomic E-state index is -0.943. The van der Waals surface area contributed by atoms with E-state index in [0.29, 0.717) is 5.69 Å². The topological polar surface area (TPSA) is 74.0 Å². The van der Waals surface area contributed by atoms with Gasteiger partial charge in [-0.25, -0.2) is 4.79 Å². The zero-order valence-corrected chi connectivity index (χ0v) is 22.4. The predicted molar refractivity (Wildman–Crippen MR) is 152 cm³/mol. The summed E-state index contributed by atoms with van der Waals surface area (Å²) in [6, 6.07) is 14.3. The van der Waals surface area contributed by atoms with Crippen molar-refractivity contribution in [1.29, 1.82) is 0 Å². The van der Waals surface area contributed by atoms with Crippen LogP contribution in [0.2, 0.25) is 0 Å². The molecule has 0 unspecified atom stereocenters. The van der Waals surface area contributed by atoms with Crippen molar-refractivity contribution < 1.29 is 9.90 Å². The highest BCUT2D eigenvalue weighted by Gasteiger charge is 2.01. The molecule has 0 aliphatic carbocycles. The van der Waals surface area contributed by atoms with Crippen LogP contribution in [0.4, 0.5) is 17.1 Å². The molecule has 0 aliphatic heterocycles. The van der Waals surface area contributed by atoms with E-state index in [0.717, 1.165) is 17.9 Å². The van der Waals surface area contributed by atoms with Gasteiger partial charge < -0.3 is 10.4 Å². The largest absolute Gasteiger partial charge is 0.478 e. The first kappa shape index (κ1) is 29.5. The molecular formula is C31H47N3O2. The van der Waals surface area contributed by atoms with Gasteiger partial charge in [0.2, 0.25) is 0 Å². The Bertz CT molecular complexity index is 847. The quantitative estimate of drug-likeness (QED) is 0.134. The highest BCUT2D eigenvalue weighted by atomic mass is 16.4. The van der Waals surface area contributed by atoms with Crippen molar-refractivity contribution in [3.8, 4) is 0 Å². The fraction of sp³-hybridized carbons (Fsp3) is 0.581. The number of carboxylic acid groups (broad SMARTS) is 1. The van der Waals surface area contributed by atoms with Crippen LogP contribution in [0.1, 0.15) is 120 Å². The molecular weight excluding hydrogens is 446 g/mol. The van der Waals surface area contributed by atoms with Crippen LogP contribution in [-0.4, -0.2) is 17.6 Å². The maximum absolute atomic E-state index is 10.9. The smallest absolute Gasteiger partial charge is 0.335 e. The zero-order chi connectivity index (χ0) is 25.7. The van der Waals surface area contributed by atoms with E-state index in [2.05, 4.69) is 22.5 Å². The van der Waals surface area contributed by atoms with Gasteiger partial charge in [-0.2, -0.15) is 10.2 Å². The summed E-state index contributed by atoms with van der Waals surface area (Å²) in [5.41, 5.74) is 2.74. The van der Waals surface area contributed by atoms with Crippen molar-refractivity contribution in [3.63, 3.8) is 0 Å². The molecule has 0 bridgehead atoms. The average molecular weight is 494 g/mol. The molecule has 0 atom stereocenters. The van der Waals surface area contributed by atoms with Gasteiger partial charge in [-0.1, -0.05) is 103 Å². The van der Waals surface area contributed by atoms with E-state index >= 15 is 0 Å². The average Bonchev–Trinajstić information content (AvgIpc) is 2.90. The van der Waals surface area contributed by atoms with Gasteiger partial charge >= 0.3 is 5.97 Å². The molecule has 198 valence electrons. The summed E-state index contributed by atoms with van der Waals surface area (Å²) in [5.74, 6) is -0.943. The van der Waals surface area contributed by atoms with E-state index in [-0.39, 0.29) is 5.56 Å². The molecule has 0 spiro atoms. The first-order chi connectivity index (χ1) is 17.7. The Kier molecular flexibility index (Phi) is 16.0. The Morgan fingerprint density at radius 1 is 0.611 bits per heavy atom. The van der Waals surface area contributed by atoms with E-state index in [1.54, 1.807) is 12.1 Å². The van der Waals surface area contributed by atoms with E-state index in [9.17, 15) is 4.79 Å². The van der Waals surface area contributed by atoms with Crippen LogP contribution in [0.5, 0.6) is 0 Å². The molecule has 0 aliphatic rings. The number of nitrogens with one attached hydrogen (secondary N) is 1. The maximum Gasteiger partial charge on any atom is 0.335 e. The van der Waals surface area contributed by atoms with E-state index in [1.807, 2.05) is 24.3 Å². The summed E-state index contributed by atoms with van der Waals surface area (Å²) in [4.78, 5) is 10.9. The number of rotatable bonds is 21. The van der Waals surface area contributed by atoms with E-state index in [4.69, 9.17) is 5.11 Å². The van der Waals surface area contributed by atoms with Crippen LogP contribution in [0, 0.1) is 0 Å². The van der Waals surface area contributed by atoms with Crippen LogP contribution in [0.15, 0.2) is 58.8 Å². The van der Waals surface area contributed by atoms with E-state index in [1.165, 1.54) is 115 Å². The number of azo groups is 1. The number of hydrogen-bond donors (Lipinski definition) is 2. The van der Waals surface area contributed by atoms with E-state index < -0.39 is 5.97 Å². The number of hydrogen-bond acceptors (Lipinski definition) is 4. The summed E-state index contributed by atoms with van der Waals surface area (Å²) in [6.07, 6.45) is 22.3. The number of aromatic carboxylic acids is 1. The third-order valence-electron chi connectivity index (χ3n) is 6.62. The minimum Gasteiger partial charge on any atom is -0.478 e. The lowest BCUT2D eigenvalue weighted by Crippen LogP contribution is -2.00. The Labute approximate surface area is 218 Å². The Morgan fingerprint density at radius 2 is 1.00 bits per heavy atom. The van der Waals surface area contributed by atoms with Crippen molar-refractivity contribution in [2.45, 2.75) is 110 Å². The van der Waals surface area contributed by atoms with Gasteiger partial charge in [0.25, 0.3) is 0 Å². The minimum absolute atomic E-state index is 0.244. The molecule has 0 fully saturated rings. The van der Waals surface area contributed by atoms with Crippen molar-refractivity contribution >= 4 is 23.0 Å². The Morgan fingerprint density at radius 3 is 1.42 bits per heavy atom. The van der Waals surface area contributed by atoms with Gasteiger partial charge in [-0.05, 0) is 55.0 Å². The molecule has 0 amide bonds. The van der Waals surface area contributed by atoms with Crippen molar-refractivity contribution in [2.75, 3.05) is 11.9 Å². The highest BCUT2D eigenvalue weighted by Crippen LogP contribution is 2.21. The molecule has 2 rings (SSSR count). The number of benzene rings is 2. The van der Waals surface area contributed by atoms with Gasteiger partial charge in [-0.15, -0.1) is 0 Å². The first-order valence-corrected chi connectivity index (χ1v) is 14.3. The molecule has 0 aromatic heterocycles. The lowest BCUT2D eigenvalue weighted by atomic mass is 10.0. The van der Waals surface area contributed by atoms with Crippen LogP contribution in [-0.2, 0) is 0 Å². The highest BCUT2D eigenvalue weighted by molar-refractivity contribution is 5.87. The molecule has 5 nitrogen and oxygen atoms in total. The van der Waals surface area contributed by atoms with Crippen LogP contribution < -0.4 is 5.32 Å². The second kappa shape index (κ2) is 19.5. The second-order valence-corrected chi connectivity index (χ2v) is 9.83. The van der Waals surface area contributed by atoms with Crippen molar-refractivity contribution in [1.82, 2.24) is 0 Å². The molecule has 5 heteroatoms. The molecule has 0 saturated heterocycles. The molecule has 0 radical (unpaired) electrons. The fourth-order valence-electron chi connectivity index (χ4n) is 4.34. The SMILES string of the molecule is CCCCCCCCCCCCCCCCCCNc1ccc(N=Nc2ccc(C(=O)O)cc2)cc1. The van der Waals surface area contributed by atoms with Crippen molar-refractivity contribution in [3.05, 3.63) is 54.1 Å². The third kappa shape index (κ3) is 14.0. The number of unbranched alkanes of at least 4 members (excludes halogenated alkanes) is 15. The summed E-state index contributed by atoms with van der Waals surface area (Å²) >= 11 is 0. The number of carbonyl (C=O) groups is 1. The molecule has 2 N–H and O–H groups in total. The molecule has 36 heavy (non-hydrogen) atoms. The molecule has 0 heterocycles. The predicted octanol–water partition coefficient (Wildman–Crippen LogP) is 10.5. The molecule has 2 aromatic carbocycles. The Balaban J connectivity index is 1.42. The number of anilines is 1.